The zero-order chi connectivity index (χ0) is 20.0. The molecule has 0 spiro atoms. The van der Waals surface area contributed by atoms with Gasteiger partial charge in [0.1, 0.15) is 18.6 Å². The fourth-order valence-electron chi connectivity index (χ4n) is 2.26. The largest absolute Gasteiger partial charge is 0.490 e. The molecular formula is C22H23NO5. The second-order valence-electron chi connectivity index (χ2n) is 5.66. The molecule has 0 aromatic heterocycles. The van der Waals surface area contributed by atoms with E-state index in [9.17, 15) is 9.59 Å². The molecule has 2 aromatic carbocycles. The Hall–Kier alpha value is -3.41. The van der Waals surface area contributed by atoms with Crippen LogP contribution in [-0.2, 0) is 19.2 Å². The fourth-order valence-corrected chi connectivity index (χ4v) is 2.26. The molecular weight excluding hydrogens is 358 g/mol. The molecule has 6 heteroatoms. The maximum Gasteiger partial charge on any atom is 0.334 e. The topological polar surface area (TPSA) is 74.2 Å². The van der Waals surface area contributed by atoms with E-state index in [1.165, 1.54) is 0 Å². The predicted octanol–water partition coefficient (Wildman–Crippen LogP) is 3.65. The van der Waals surface area contributed by atoms with Gasteiger partial charge >= 0.3 is 5.97 Å². The Morgan fingerprint density at radius 2 is 1.75 bits per heavy atom. The number of hydrogen-bond donors (Lipinski definition) is 0. The van der Waals surface area contributed by atoms with E-state index in [0.717, 1.165) is 11.1 Å². The van der Waals surface area contributed by atoms with Crippen molar-refractivity contribution >= 4 is 24.5 Å². The van der Waals surface area contributed by atoms with Gasteiger partial charge in [-0.25, -0.2) is 4.79 Å². The van der Waals surface area contributed by atoms with Crippen molar-refractivity contribution in [1.29, 1.82) is 0 Å². The Balaban J connectivity index is 1.80. The van der Waals surface area contributed by atoms with Gasteiger partial charge in [-0.05, 0) is 36.3 Å². The number of hydrogen-bond acceptors (Lipinski definition) is 6. The molecule has 0 unspecified atom stereocenters. The third-order valence-corrected chi connectivity index (χ3v) is 3.58. The van der Waals surface area contributed by atoms with E-state index in [2.05, 4.69) is 5.16 Å². The Morgan fingerprint density at radius 1 is 1.00 bits per heavy atom. The van der Waals surface area contributed by atoms with E-state index in [1.54, 1.807) is 43.5 Å². The second kappa shape index (κ2) is 12.1. The van der Waals surface area contributed by atoms with Crippen LogP contribution in [-0.4, -0.2) is 38.3 Å². The molecule has 0 fully saturated rings. The lowest BCUT2D eigenvalue weighted by Crippen LogP contribution is -2.08. The Morgan fingerprint density at radius 3 is 2.43 bits per heavy atom. The first kappa shape index (κ1) is 20.9. The molecule has 0 saturated heterocycles. The van der Waals surface area contributed by atoms with Crippen molar-refractivity contribution < 1.29 is 23.9 Å². The normalized spacial score (nSPS) is 11.2. The van der Waals surface area contributed by atoms with Crippen LogP contribution >= 0.6 is 0 Å². The summed E-state index contributed by atoms with van der Waals surface area (Å²) in [5.74, 6) is 0.184. The molecule has 2 aromatic rings. The zero-order valence-corrected chi connectivity index (χ0v) is 15.7. The van der Waals surface area contributed by atoms with Crippen LogP contribution in [0.1, 0.15) is 24.5 Å². The first-order chi connectivity index (χ1) is 13.7. The van der Waals surface area contributed by atoms with Crippen molar-refractivity contribution in [2.24, 2.45) is 5.16 Å². The van der Waals surface area contributed by atoms with Gasteiger partial charge < -0.3 is 19.1 Å². The van der Waals surface area contributed by atoms with Crippen LogP contribution in [0.4, 0.5) is 0 Å². The van der Waals surface area contributed by atoms with Crippen molar-refractivity contribution in [2.45, 2.75) is 13.3 Å². The minimum absolute atomic E-state index is 0.0118. The SMILES string of the molecule is CCOC(=O)C(=Cc1ccc(OCCON=Cc2ccccc2)cc1)CC=O. The lowest BCUT2D eigenvalue weighted by molar-refractivity contribution is -0.138. The Labute approximate surface area is 164 Å². The van der Waals surface area contributed by atoms with Gasteiger partial charge in [-0.15, -0.1) is 0 Å². The third kappa shape index (κ3) is 7.45. The highest BCUT2D eigenvalue weighted by molar-refractivity contribution is 5.96. The first-order valence-corrected chi connectivity index (χ1v) is 8.97. The molecule has 0 saturated carbocycles. The predicted molar refractivity (Wildman–Crippen MR) is 107 cm³/mol. The number of rotatable bonds is 11. The van der Waals surface area contributed by atoms with Crippen LogP contribution in [0.2, 0.25) is 0 Å². The highest BCUT2D eigenvalue weighted by Crippen LogP contribution is 2.16. The summed E-state index contributed by atoms with van der Waals surface area (Å²) in [4.78, 5) is 27.7. The summed E-state index contributed by atoms with van der Waals surface area (Å²) < 4.78 is 10.5. The van der Waals surface area contributed by atoms with Crippen LogP contribution in [0.25, 0.3) is 6.08 Å². The molecule has 6 nitrogen and oxygen atoms in total. The molecule has 0 amide bonds. The van der Waals surface area contributed by atoms with E-state index in [-0.39, 0.29) is 13.0 Å². The van der Waals surface area contributed by atoms with Gasteiger partial charge in [-0.1, -0.05) is 47.6 Å². The van der Waals surface area contributed by atoms with E-state index >= 15 is 0 Å². The highest BCUT2D eigenvalue weighted by Gasteiger charge is 2.10. The standard InChI is InChI=1S/C22H23NO5/c1-2-26-22(25)20(12-13-24)16-18-8-10-21(11-9-18)27-14-15-28-23-17-19-6-4-3-5-7-19/h3-11,13,16-17H,2,12,14-15H2,1H3. The molecule has 0 atom stereocenters. The van der Waals surface area contributed by atoms with Crippen LogP contribution in [0, 0.1) is 0 Å². The van der Waals surface area contributed by atoms with E-state index in [0.29, 0.717) is 30.8 Å². The van der Waals surface area contributed by atoms with Crippen molar-refractivity contribution in [1.82, 2.24) is 0 Å². The van der Waals surface area contributed by atoms with Crippen LogP contribution in [0.3, 0.4) is 0 Å². The van der Waals surface area contributed by atoms with Gasteiger partial charge in [0, 0.05) is 12.0 Å². The molecule has 28 heavy (non-hydrogen) atoms. The number of oxime groups is 1. The molecule has 0 radical (unpaired) electrons. The summed E-state index contributed by atoms with van der Waals surface area (Å²) in [5, 5.41) is 3.88. The van der Waals surface area contributed by atoms with Gasteiger partial charge in [-0.2, -0.15) is 0 Å². The van der Waals surface area contributed by atoms with E-state index < -0.39 is 5.97 Å². The first-order valence-electron chi connectivity index (χ1n) is 8.97. The van der Waals surface area contributed by atoms with Crippen molar-refractivity contribution in [2.75, 3.05) is 19.8 Å². The lowest BCUT2D eigenvalue weighted by Gasteiger charge is -2.07. The summed E-state index contributed by atoms with van der Waals surface area (Å²) in [6, 6.07) is 16.8. The van der Waals surface area contributed by atoms with Crippen molar-refractivity contribution in [3.8, 4) is 5.75 Å². The van der Waals surface area contributed by atoms with Gasteiger partial charge in [0.2, 0.25) is 0 Å². The molecule has 146 valence electrons. The highest BCUT2D eigenvalue weighted by atomic mass is 16.6. The fraction of sp³-hybridized carbons (Fsp3) is 0.227. The van der Waals surface area contributed by atoms with Crippen LogP contribution in [0.15, 0.2) is 65.3 Å². The number of nitrogens with zero attached hydrogens (tertiary/aromatic N) is 1. The van der Waals surface area contributed by atoms with Gasteiger partial charge in [0.15, 0.2) is 6.61 Å². The average Bonchev–Trinajstić information content (AvgIpc) is 2.72. The molecule has 0 aliphatic rings. The molecule has 0 heterocycles. The lowest BCUT2D eigenvalue weighted by atomic mass is 10.1. The molecule has 0 bridgehead atoms. The molecule has 0 aliphatic heterocycles. The van der Waals surface area contributed by atoms with Gasteiger partial charge in [-0.3, -0.25) is 0 Å². The maximum absolute atomic E-state index is 11.8. The summed E-state index contributed by atoms with van der Waals surface area (Å²) in [7, 11) is 0. The van der Waals surface area contributed by atoms with Crippen LogP contribution in [0.5, 0.6) is 5.75 Å². The van der Waals surface area contributed by atoms with E-state index in [4.69, 9.17) is 14.3 Å². The summed E-state index contributed by atoms with van der Waals surface area (Å²) in [5.41, 5.74) is 2.06. The Bertz CT molecular complexity index is 797. The third-order valence-electron chi connectivity index (χ3n) is 3.58. The molecule has 2 rings (SSSR count). The monoisotopic (exact) mass is 381 g/mol. The number of aldehydes is 1. The zero-order valence-electron chi connectivity index (χ0n) is 15.7. The van der Waals surface area contributed by atoms with Crippen molar-refractivity contribution in [3.63, 3.8) is 0 Å². The van der Waals surface area contributed by atoms with Crippen LogP contribution < -0.4 is 4.74 Å². The number of ether oxygens (including phenoxy) is 2. The minimum atomic E-state index is -0.483. The number of benzene rings is 2. The smallest absolute Gasteiger partial charge is 0.334 e. The summed E-state index contributed by atoms with van der Waals surface area (Å²) in [6.07, 6.45) is 3.97. The van der Waals surface area contributed by atoms with Gasteiger partial charge in [0.25, 0.3) is 0 Å². The molecule has 0 N–H and O–H groups in total. The minimum Gasteiger partial charge on any atom is -0.490 e. The Kier molecular flexibility index (Phi) is 9.00. The summed E-state index contributed by atoms with van der Waals surface area (Å²) in [6.45, 7) is 2.65. The number of carbonyl (C=O) groups is 2. The second-order valence-corrected chi connectivity index (χ2v) is 5.66. The number of carbonyl (C=O) groups excluding carboxylic acids is 2. The van der Waals surface area contributed by atoms with Crippen molar-refractivity contribution in [3.05, 3.63) is 71.3 Å². The quantitative estimate of drug-likeness (QED) is 0.148. The van der Waals surface area contributed by atoms with E-state index in [1.807, 2.05) is 30.3 Å². The molecule has 0 aliphatic carbocycles. The maximum atomic E-state index is 11.8. The average molecular weight is 381 g/mol. The van der Waals surface area contributed by atoms with Gasteiger partial charge in [0.05, 0.1) is 12.8 Å². The number of esters is 1. The summed E-state index contributed by atoms with van der Waals surface area (Å²) >= 11 is 0.